The van der Waals surface area contributed by atoms with Crippen LogP contribution in [-0.4, -0.2) is 6.54 Å². The second kappa shape index (κ2) is 6.05. The van der Waals surface area contributed by atoms with E-state index < -0.39 is 0 Å². The van der Waals surface area contributed by atoms with Gasteiger partial charge in [0.1, 0.15) is 0 Å². The molecule has 0 aromatic heterocycles. The summed E-state index contributed by atoms with van der Waals surface area (Å²) in [5.74, 6) is 2.21. The van der Waals surface area contributed by atoms with Crippen molar-refractivity contribution in [3.63, 3.8) is 0 Å². The fourth-order valence-electron chi connectivity index (χ4n) is 0.339. The number of hydrogen-bond donors (Lipinski definition) is 0. The Balaban J connectivity index is 3.06. The first-order valence-corrected chi connectivity index (χ1v) is 2.79. The quantitative estimate of drug-likeness (QED) is 0.375. The number of unbranched alkanes of at least 4 members (excludes halogenated alkanes) is 1. The van der Waals surface area contributed by atoms with Gasteiger partial charge in [-0.05, 0) is 6.42 Å². The lowest BCUT2D eigenvalue weighted by atomic mass is 10.3. The molecule has 0 saturated carbocycles. The first-order chi connectivity index (χ1) is 3.91. The van der Waals surface area contributed by atoms with Crippen LogP contribution in [0.25, 0.3) is 4.85 Å². The minimum Gasteiger partial charge on any atom is -0.0994 e. The zero-order valence-corrected chi connectivity index (χ0v) is 5.15. The Labute approximate surface area is 50.5 Å². The van der Waals surface area contributed by atoms with E-state index in [9.17, 15) is 0 Å². The Kier molecular flexibility index (Phi) is 5.33. The Morgan fingerprint density at radius 1 is 1.62 bits per heavy atom. The average molecular weight is 108 g/mol. The van der Waals surface area contributed by atoms with Gasteiger partial charge >= 0.3 is 6.07 Å². The maximum absolute atomic E-state index is 4.86. The first-order valence-electron chi connectivity index (χ1n) is 2.79. The topological polar surface area (TPSA) is 4.36 Å². The van der Waals surface area contributed by atoms with Crippen LogP contribution in [0, 0.1) is 18.4 Å². The predicted molar refractivity (Wildman–Crippen MR) is 35.9 cm³/mol. The Morgan fingerprint density at radius 3 is 2.88 bits per heavy atom. The zero-order valence-electron chi connectivity index (χ0n) is 5.15. The van der Waals surface area contributed by atoms with Gasteiger partial charge in [-0.1, -0.05) is 18.2 Å². The van der Waals surface area contributed by atoms with E-state index in [1.54, 1.807) is 0 Å². The lowest BCUT2D eigenvalue weighted by Gasteiger charge is -1.71. The van der Waals surface area contributed by atoms with Gasteiger partial charge in [-0.2, -0.15) is 0 Å². The molecule has 0 unspecified atom stereocenters. The summed E-state index contributed by atoms with van der Waals surface area (Å²) < 4.78 is 0. The van der Waals surface area contributed by atoms with Crippen molar-refractivity contribution in [3.8, 4) is 18.4 Å². The molecule has 0 rings (SSSR count). The molecule has 0 atom stereocenters. The standard InChI is InChI=1S/C7H10N/c1-3-5-7-8-6-4-2/h2H,3,5,7H2,1H3/q+1. The highest BCUT2D eigenvalue weighted by atomic mass is 14.6. The SMILES string of the molecule is C#CC#[N+]CCCC. The van der Waals surface area contributed by atoms with E-state index in [2.05, 4.69) is 23.8 Å². The number of terminal acetylenes is 1. The van der Waals surface area contributed by atoms with Crippen LogP contribution in [0.4, 0.5) is 0 Å². The van der Waals surface area contributed by atoms with Crippen molar-refractivity contribution in [2.24, 2.45) is 0 Å². The molecule has 0 aromatic rings. The van der Waals surface area contributed by atoms with E-state index in [1.807, 2.05) is 0 Å². The van der Waals surface area contributed by atoms with Crippen molar-refractivity contribution in [1.82, 2.24) is 0 Å². The van der Waals surface area contributed by atoms with Crippen molar-refractivity contribution in [3.05, 3.63) is 4.85 Å². The zero-order chi connectivity index (χ0) is 6.24. The number of rotatable bonds is 2. The van der Waals surface area contributed by atoms with E-state index in [1.165, 1.54) is 0 Å². The Bertz CT molecular complexity index is 131. The van der Waals surface area contributed by atoms with Gasteiger partial charge in [-0.15, -0.1) is 0 Å². The Hall–Kier alpha value is -0.950. The predicted octanol–water partition coefficient (Wildman–Crippen LogP) is 1.75. The van der Waals surface area contributed by atoms with Gasteiger partial charge in [0.05, 0.1) is 5.92 Å². The summed E-state index contributed by atoms with van der Waals surface area (Å²) in [5, 5.41) is 0. The molecule has 0 amide bonds. The van der Waals surface area contributed by atoms with Crippen LogP contribution in [0.1, 0.15) is 19.8 Å². The van der Waals surface area contributed by atoms with Gasteiger partial charge in [-0.3, -0.25) is 0 Å². The molecular formula is C7H10N+. The molecule has 0 aliphatic rings. The van der Waals surface area contributed by atoms with E-state index in [4.69, 9.17) is 6.42 Å². The molecule has 0 radical (unpaired) electrons. The summed E-state index contributed by atoms with van der Waals surface area (Å²) in [5.41, 5.74) is 0. The molecule has 1 heteroatoms. The van der Waals surface area contributed by atoms with E-state index in [0.29, 0.717) is 0 Å². The van der Waals surface area contributed by atoms with Crippen LogP contribution in [0.15, 0.2) is 0 Å². The van der Waals surface area contributed by atoms with Crippen LogP contribution in [-0.2, 0) is 0 Å². The van der Waals surface area contributed by atoms with Crippen LogP contribution < -0.4 is 0 Å². The van der Waals surface area contributed by atoms with Crippen LogP contribution in [0.2, 0.25) is 0 Å². The molecule has 8 heavy (non-hydrogen) atoms. The van der Waals surface area contributed by atoms with Crippen molar-refractivity contribution < 1.29 is 0 Å². The summed E-state index contributed by atoms with van der Waals surface area (Å²) in [6.07, 6.45) is 7.12. The molecule has 0 saturated heterocycles. The van der Waals surface area contributed by atoms with E-state index in [0.717, 1.165) is 19.4 Å². The molecule has 0 bridgehead atoms. The largest absolute Gasteiger partial charge is 0.365 e. The number of hydrogen-bond acceptors (Lipinski definition) is 0. The van der Waals surface area contributed by atoms with Gasteiger partial charge in [0.25, 0.3) is 6.54 Å². The van der Waals surface area contributed by atoms with Crippen LogP contribution in [0.3, 0.4) is 0 Å². The van der Waals surface area contributed by atoms with Crippen molar-refractivity contribution >= 4 is 0 Å². The third kappa shape index (κ3) is 5.05. The second-order valence-corrected chi connectivity index (χ2v) is 1.49. The van der Waals surface area contributed by atoms with Gasteiger partial charge in [-0.25, -0.2) is 0 Å². The summed E-state index contributed by atoms with van der Waals surface area (Å²) >= 11 is 0. The highest BCUT2D eigenvalue weighted by molar-refractivity contribution is 5.15. The first kappa shape index (κ1) is 7.05. The van der Waals surface area contributed by atoms with Gasteiger partial charge in [0.2, 0.25) is 0 Å². The van der Waals surface area contributed by atoms with Gasteiger partial charge in [0.15, 0.2) is 0 Å². The van der Waals surface area contributed by atoms with E-state index in [-0.39, 0.29) is 0 Å². The monoisotopic (exact) mass is 108 g/mol. The molecule has 1 nitrogen and oxygen atoms in total. The minimum atomic E-state index is 0.820. The third-order valence-electron chi connectivity index (χ3n) is 0.767. The number of nitrogens with zero attached hydrogens (tertiary/aromatic N) is 1. The van der Waals surface area contributed by atoms with Gasteiger partial charge < -0.3 is 0 Å². The summed E-state index contributed by atoms with van der Waals surface area (Å²) in [4.78, 5) is 3.79. The molecule has 0 aliphatic carbocycles. The lowest BCUT2D eigenvalue weighted by molar-refractivity contribution is 0.860. The molecule has 0 aromatic carbocycles. The Morgan fingerprint density at radius 2 is 2.38 bits per heavy atom. The summed E-state index contributed by atoms with van der Waals surface area (Å²) in [6.45, 7) is 2.94. The molecule has 0 N–H and O–H groups in total. The molecule has 0 heterocycles. The van der Waals surface area contributed by atoms with E-state index >= 15 is 0 Å². The van der Waals surface area contributed by atoms with Crippen LogP contribution >= 0.6 is 0 Å². The lowest BCUT2D eigenvalue weighted by Crippen LogP contribution is -1.71. The third-order valence-corrected chi connectivity index (χ3v) is 0.767. The van der Waals surface area contributed by atoms with Crippen molar-refractivity contribution in [2.75, 3.05) is 6.54 Å². The fraction of sp³-hybridized carbons (Fsp3) is 0.571. The molecule has 0 spiro atoms. The maximum atomic E-state index is 4.86. The second-order valence-electron chi connectivity index (χ2n) is 1.49. The molecule has 0 fully saturated rings. The molecule has 42 valence electrons. The highest BCUT2D eigenvalue weighted by Gasteiger charge is 1.85. The highest BCUT2D eigenvalue weighted by Crippen LogP contribution is 1.84. The molecular weight excluding hydrogens is 98.1 g/mol. The normalized spacial score (nSPS) is 6.50. The van der Waals surface area contributed by atoms with Crippen LogP contribution in [0.5, 0.6) is 0 Å². The van der Waals surface area contributed by atoms with Crippen molar-refractivity contribution in [2.45, 2.75) is 19.8 Å². The fourth-order valence-corrected chi connectivity index (χ4v) is 0.339. The summed E-state index contributed by atoms with van der Waals surface area (Å²) in [7, 11) is 0. The smallest absolute Gasteiger partial charge is 0.0994 e. The maximum Gasteiger partial charge on any atom is 0.365 e. The average Bonchev–Trinajstić information content (AvgIpc) is 1.81. The minimum absolute atomic E-state index is 0.820. The van der Waals surface area contributed by atoms with Gasteiger partial charge in [0, 0.05) is 6.42 Å². The summed E-state index contributed by atoms with van der Waals surface area (Å²) in [6, 6.07) is 2.44. The van der Waals surface area contributed by atoms with Crippen molar-refractivity contribution in [1.29, 1.82) is 0 Å². The molecule has 0 aliphatic heterocycles.